The molecule has 142 valence electrons. The van der Waals surface area contributed by atoms with Crippen molar-refractivity contribution in [1.82, 2.24) is 0 Å². The Morgan fingerprint density at radius 1 is 1.00 bits per heavy atom. The summed E-state index contributed by atoms with van der Waals surface area (Å²) in [7, 11) is -4.54. The van der Waals surface area contributed by atoms with Gasteiger partial charge in [0.25, 0.3) is 10.1 Å². The number of hydrogen-bond acceptors (Lipinski definition) is 4. The van der Waals surface area contributed by atoms with Crippen LogP contribution in [-0.4, -0.2) is 13.0 Å². The van der Waals surface area contributed by atoms with Gasteiger partial charge in [-0.3, -0.25) is 4.55 Å². The molecule has 2 aromatic rings. The van der Waals surface area contributed by atoms with Gasteiger partial charge < -0.3 is 9.84 Å². The maximum atomic E-state index is 12.0. The monoisotopic (exact) mass is 400 g/mol. The second-order valence-corrected chi connectivity index (χ2v) is 7.72. The molecule has 27 heavy (non-hydrogen) atoms. The Bertz CT molecular complexity index is 821. The van der Waals surface area contributed by atoms with Crippen LogP contribution in [-0.2, 0) is 16.5 Å². The van der Waals surface area contributed by atoms with E-state index in [1.54, 1.807) is 12.1 Å². The Morgan fingerprint density at radius 3 is 2.37 bits per heavy atom. The van der Waals surface area contributed by atoms with Crippen LogP contribution in [0.15, 0.2) is 47.4 Å². The summed E-state index contributed by atoms with van der Waals surface area (Å²) in [6, 6.07) is 10.9. The van der Waals surface area contributed by atoms with Crippen molar-refractivity contribution >= 4 is 10.1 Å². The Morgan fingerprint density at radius 2 is 1.67 bits per heavy atom. The number of para-hydroxylation sites is 1. The second-order valence-electron chi connectivity index (χ2n) is 6.33. The molecule has 0 saturated carbocycles. The molecule has 1 N–H and O–H groups in total. The molecular formula is C20H25NaO5S. The smallest absolute Gasteiger partial charge is 0.870 e. The van der Waals surface area contributed by atoms with Gasteiger partial charge in [0.15, 0.2) is 0 Å². The average Bonchev–Trinajstić information content (AvgIpc) is 2.59. The summed E-state index contributed by atoms with van der Waals surface area (Å²) in [5, 5.41) is 12.0. The minimum atomic E-state index is -4.54. The van der Waals surface area contributed by atoms with Crippen LogP contribution < -0.4 is 39.4 Å². The SMILES string of the molecule is CCCCCCCCc1cccc(Oc2c([O-])cccc2S(=O)(=O)O)c1.[Na+]. The van der Waals surface area contributed by atoms with Crippen molar-refractivity contribution in [3.05, 3.63) is 48.0 Å². The normalized spacial score (nSPS) is 11.0. The zero-order valence-electron chi connectivity index (χ0n) is 16.0. The molecule has 0 aliphatic heterocycles. The van der Waals surface area contributed by atoms with E-state index in [1.165, 1.54) is 44.2 Å². The molecule has 0 fully saturated rings. The molecule has 0 saturated heterocycles. The van der Waals surface area contributed by atoms with Crippen LogP contribution in [0.1, 0.15) is 51.0 Å². The van der Waals surface area contributed by atoms with Crippen molar-refractivity contribution in [3.63, 3.8) is 0 Å². The zero-order valence-corrected chi connectivity index (χ0v) is 18.8. The molecule has 5 nitrogen and oxygen atoms in total. The number of ether oxygens (including phenoxy) is 1. The predicted octanol–water partition coefficient (Wildman–Crippen LogP) is 1.71. The van der Waals surface area contributed by atoms with Crippen molar-refractivity contribution < 1.29 is 52.4 Å². The van der Waals surface area contributed by atoms with Crippen molar-refractivity contribution in [2.75, 3.05) is 0 Å². The van der Waals surface area contributed by atoms with Crippen LogP contribution >= 0.6 is 0 Å². The molecule has 0 unspecified atom stereocenters. The first-order valence-corrected chi connectivity index (χ1v) is 10.4. The van der Waals surface area contributed by atoms with E-state index in [0.29, 0.717) is 5.75 Å². The molecule has 0 bridgehead atoms. The third-order valence-corrected chi connectivity index (χ3v) is 5.04. The van der Waals surface area contributed by atoms with Gasteiger partial charge in [-0.25, -0.2) is 0 Å². The van der Waals surface area contributed by atoms with Gasteiger partial charge in [0.1, 0.15) is 16.4 Å². The van der Waals surface area contributed by atoms with Crippen molar-refractivity contribution in [3.8, 4) is 17.2 Å². The van der Waals surface area contributed by atoms with E-state index in [-0.39, 0.29) is 35.3 Å². The first kappa shape index (κ1) is 24.0. The molecular weight excluding hydrogens is 375 g/mol. The van der Waals surface area contributed by atoms with Gasteiger partial charge >= 0.3 is 29.6 Å². The summed E-state index contributed by atoms with van der Waals surface area (Å²) >= 11 is 0. The molecule has 2 aromatic carbocycles. The Kier molecular flexibility index (Phi) is 10.4. The van der Waals surface area contributed by atoms with Gasteiger partial charge in [-0.05, 0) is 36.6 Å². The molecule has 0 radical (unpaired) electrons. The summed E-state index contributed by atoms with van der Waals surface area (Å²) in [5.74, 6) is -0.602. The van der Waals surface area contributed by atoms with Crippen LogP contribution in [0.5, 0.6) is 17.2 Å². The van der Waals surface area contributed by atoms with Gasteiger partial charge in [-0.15, -0.1) is 0 Å². The van der Waals surface area contributed by atoms with E-state index in [2.05, 4.69) is 6.92 Å². The van der Waals surface area contributed by atoms with Gasteiger partial charge in [0.2, 0.25) is 0 Å². The van der Waals surface area contributed by atoms with Gasteiger partial charge in [0.05, 0.1) is 0 Å². The topological polar surface area (TPSA) is 86.7 Å². The van der Waals surface area contributed by atoms with Crippen LogP contribution in [0, 0.1) is 0 Å². The Balaban J connectivity index is 0.00000364. The van der Waals surface area contributed by atoms with Crippen LogP contribution in [0.4, 0.5) is 0 Å². The standard InChI is InChI=1S/C20H26O5S.Na/c1-2-3-4-5-6-7-10-16-11-8-12-17(15-16)25-20-18(21)13-9-14-19(20)26(22,23)24;/h8-9,11-15,21H,2-7,10H2,1H3,(H,22,23,24);/q;+1/p-1. The van der Waals surface area contributed by atoms with Crippen LogP contribution in [0.3, 0.4) is 0 Å². The fourth-order valence-electron chi connectivity index (χ4n) is 2.79. The third kappa shape index (κ3) is 7.84. The molecule has 0 heterocycles. The van der Waals surface area contributed by atoms with Crippen molar-refractivity contribution in [2.45, 2.75) is 56.8 Å². The van der Waals surface area contributed by atoms with E-state index in [1.807, 2.05) is 12.1 Å². The van der Waals surface area contributed by atoms with Crippen LogP contribution in [0.2, 0.25) is 0 Å². The number of hydrogen-bond donors (Lipinski definition) is 1. The minimum absolute atomic E-state index is 0. The minimum Gasteiger partial charge on any atom is -0.870 e. The quantitative estimate of drug-likeness (QED) is 0.373. The Hall–Kier alpha value is -1.05. The van der Waals surface area contributed by atoms with Gasteiger partial charge in [0, 0.05) is 0 Å². The molecule has 0 spiro atoms. The predicted molar refractivity (Wildman–Crippen MR) is 99.3 cm³/mol. The maximum Gasteiger partial charge on any atom is 1.00 e. The number of unbranched alkanes of at least 4 members (excludes halogenated alkanes) is 5. The number of aryl methyl sites for hydroxylation is 1. The average molecular weight is 400 g/mol. The third-order valence-electron chi connectivity index (χ3n) is 4.16. The summed E-state index contributed by atoms with van der Waals surface area (Å²) in [4.78, 5) is -0.522. The second kappa shape index (κ2) is 11.7. The molecule has 0 aromatic heterocycles. The van der Waals surface area contributed by atoms with E-state index < -0.39 is 20.8 Å². The van der Waals surface area contributed by atoms with E-state index in [4.69, 9.17) is 4.74 Å². The molecule has 0 amide bonds. The fourth-order valence-corrected chi connectivity index (χ4v) is 3.42. The van der Waals surface area contributed by atoms with E-state index in [0.717, 1.165) is 24.5 Å². The summed E-state index contributed by atoms with van der Waals surface area (Å²) < 4.78 is 37.7. The van der Waals surface area contributed by atoms with Crippen LogP contribution in [0.25, 0.3) is 0 Å². The van der Waals surface area contributed by atoms with Gasteiger partial charge in [-0.2, -0.15) is 8.42 Å². The maximum absolute atomic E-state index is 12.0. The zero-order chi connectivity index (χ0) is 19.0. The molecule has 2 rings (SSSR count). The summed E-state index contributed by atoms with van der Waals surface area (Å²) in [6.45, 7) is 2.19. The largest absolute Gasteiger partial charge is 1.00 e. The van der Waals surface area contributed by atoms with Crippen molar-refractivity contribution in [1.29, 1.82) is 0 Å². The Labute approximate surface area is 183 Å². The fraction of sp³-hybridized carbons (Fsp3) is 0.400. The van der Waals surface area contributed by atoms with Crippen molar-refractivity contribution in [2.24, 2.45) is 0 Å². The number of benzene rings is 2. The summed E-state index contributed by atoms with van der Waals surface area (Å²) in [6.07, 6.45) is 8.13. The van der Waals surface area contributed by atoms with E-state index >= 15 is 0 Å². The molecule has 0 aliphatic rings. The number of rotatable bonds is 10. The first-order valence-electron chi connectivity index (χ1n) is 8.96. The molecule has 7 heteroatoms. The van der Waals surface area contributed by atoms with Gasteiger partial charge in [-0.1, -0.05) is 69.0 Å². The summed E-state index contributed by atoms with van der Waals surface area (Å²) in [5.41, 5.74) is 1.06. The van der Waals surface area contributed by atoms with E-state index in [9.17, 15) is 18.1 Å². The first-order chi connectivity index (χ1) is 12.4. The molecule has 0 aliphatic carbocycles. The molecule has 0 atom stereocenters.